The maximum atomic E-state index is 3.26. The lowest BCUT2D eigenvalue weighted by atomic mass is 10.0. The molecule has 0 saturated carbocycles. The highest BCUT2D eigenvalue weighted by atomic mass is 15.2. The van der Waals surface area contributed by atoms with Crippen LogP contribution < -0.4 is 10.2 Å². The molecule has 1 atom stereocenters. The summed E-state index contributed by atoms with van der Waals surface area (Å²) in [5.74, 6) is 0.905. The minimum Gasteiger partial charge on any atom is -0.371 e. The average Bonchev–Trinajstić information content (AvgIpc) is 2.79. The molecule has 1 aliphatic rings. The molecule has 1 saturated heterocycles. The van der Waals surface area contributed by atoms with Crippen LogP contribution in [0.1, 0.15) is 31.7 Å². The van der Waals surface area contributed by atoms with Gasteiger partial charge in [-0.1, -0.05) is 31.5 Å². The SMILES string of the molecule is CCCC1CCN(c2ccccc2CNC)C1. The highest BCUT2D eigenvalue weighted by molar-refractivity contribution is 5.54. The second kappa shape index (κ2) is 6.06. The lowest BCUT2D eigenvalue weighted by Gasteiger charge is -2.22. The van der Waals surface area contributed by atoms with E-state index in [4.69, 9.17) is 0 Å². The summed E-state index contributed by atoms with van der Waals surface area (Å²) in [6, 6.07) is 8.79. The Labute approximate surface area is 105 Å². The number of rotatable bonds is 5. The molecule has 1 fully saturated rings. The van der Waals surface area contributed by atoms with E-state index in [0.29, 0.717) is 0 Å². The molecule has 0 aromatic heterocycles. The molecule has 0 amide bonds. The van der Waals surface area contributed by atoms with Crippen molar-refractivity contribution in [2.24, 2.45) is 5.92 Å². The van der Waals surface area contributed by atoms with Gasteiger partial charge in [0.2, 0.25) is 0 Å². The van der Waals surface area contributed by atoms with E-state index in [2.05, 4.69) is 41.4 Å². The van der Waals surface area contributed by atoms with Gasteiger partial charge in [0.15, 0.2) is 0 Å². The Morgan fingerprint density at radius 2 is 2.18 bits per heavy atom. The smallest absolute Gasteiger partial charge is 0.0411 e. The molecule has 0 aliphatic carbocycles. The fourth-order valence-electron chi connectivity index (χ4n) is 2.85. The largest absolute Gasteiger partial charge is 0.371 e. The van der Waals surface area contributed by atoms with Crippen LogP contribution in [0.4, 0.5) is 5.69 Å². The van der Waals surface area contributed by atoms with Crippen LogP contribution in [0, 0.1) is 5.92 Å². The van der Waals surface area contributed by atoms with Crippen LogP contribution in [0.15, 0.2) is 24.3 Å². The van der Waals surface area contributed by atoms with E-state index in [1.807, 2.05) is 7.05 Å². The third-order valence-corrected chi connectivity index (χ3v) is 3.68. The molecule has 0 bridgehead atoms. The Bertz CT molecular complexity index is 349. The topological polar surface area (TPSA) is 15.3 Å². The molecular formula is C15H24N2. The molecule has 1 aromatic rings. The first-order valence-corrected chi connectivity index (χ1v) is 6.82. The number of hydrogen-bond donors (Lipinski definition) is 1. The molecule has 0 radical (unpaired) electrons. The molecule has 94 valence electrons. The van der Waals surface area contributed by atoms with E-state index in [1.54, 1.807) is 0 Å². The van der Waals surface area contributed by atoms with Crippen molar-refractivity contribution in [3.63, 3.8) is 0 Å². The van der Waals surface area contributed by atoms with Gasteiger partial charge in [-0.3, -0.25) is 0 Å². The van der Waals surface area contributed by atoms with Gasteiger partial charge in [0.25, 0.3) is 0 Å². The number of benzene rings is 1. The third kappa shape index (κ3) is 3.01. The van der Waals surface area contributed by atoms with Crippen molar-refractivity contribution in [2.75, 3.05) is 25.0 Å². The van der Waals surface area contributed by atoms with Crippen molar-refractivity contribution in [3.05, 3.63) is 29.8 Å². The van der Waals surface area contributed by atoms with E-state index >= 15 is 0 Å². The van der Waals surface area contributed by atoms with Gasteiger partial charge < -0.3 is 10.2 Å². The summed E-state index contributed by atoms with van der Waals surface area (Å²) >= 11 is 0. The van der Waals surface area contributed by atoms with Crippen LogP contribution in [0.3, 0.4) is 0 Å². The van der Waals surface area contributed by atoms with Crippen LogP contribution in [0.25, 0.3) is 0 Å². The molecule has 1 unspecified atom stereocenters. The van der Waals surface area contributed by atoms with Crippen LogP contribution in [0.2, 0.25) is 0 Å². The first-order chi connectivity index (χ1) is 8.35. The van der Waals surface area contributed by atoms with Crippen molar-refractivity contribution in [1.29, 1.82) is 0 Å². The summed E-state index contributed by atoms with van der Waals surface area (Å²) in [6.07, 6.45) is 4.06. The van der Waals surface area contributed by atoms with E-state index < -0.39 is 0 Å². The van der Waals surface area contributed by atoms with Crippen LogP contribution in [-0.4, -0.2) is 20.1 Å². The van der Waals surface area contributed by atoms with E-state index in [0.717, 1.165) is 12.5 Å². The average molecular weight is 232 g/mol. The Morgan fingerprint density at radius 3 is 2.94 bits per heavy atom. The Balaban J connectivity index is 2.07. The third-order valence-electron chi connectivity index (χ3n) is 3.68. The van der Waals surface area contributed by atoms with E-state index in [1.165, 1.54) is 43.6 Å². The molecule has 2 heteroatoms. The van der Waals surface area contributed by atoms with E-state index in [-0.39, 0.29) is 0 Å². The lowest BCUT2D eigenvalue weighted by molar-refractivity contribution is 0.529. The lowest BCUT2D eigenvalue weighted by Crippen LogP contribution is -2.22. The summed E-state index contributed by atoms with van der Waals surface area (Å²) in [5, 5.41) is 3.26. The van der Waals surface area contributed by atoms with Gasteiger partial charge in [0.1, 0.15) is 0 Å². The Hall–Kier alpha value is -1.02. The van der Waals surface area contributed by atoms with Crippen molar-refractivity contribution in [1.82, 2.24) is 5.32 Å². The van der Waals surface area contributed by atoms with Crippen molar-refractivity contribution in [2.45, 2.75) is 32.7 Å². The number of nitrogens with zero attached hydrogens (tertiary/aromatic N) is 1. The summed E-state index contributed by atoms with van der Waals surface area (Å²) in [5.41, 5.74) is 2.85. The van der Waals surface area contributed by atoms with Gasteiger partial charge in [0.05, 0.1) is 0 Å². The molecule has 2 rings (SSSR count). The zero-order valence-corrected chi connectivity index (χ0v) is 11.1. The number of nitrogens with one attached hydrogen (secondary N) is 1. The zero-order chi connectivity index (χ0) is 12.1. The van der Waals surface area contributed by atoms with Crippen molar-refractivity contribution >= 4 is 5.69 Å². The first-order valence-electron chi connectivity index (χ1n) is 6.82. The fraction of sp³-hybridized carbons (Fsp3) is 0.600. The Morgan fingerprint density at radius 1 is 1.35 bits per heavy atom. The first kappa shape index (κ1) is 12.4. The summed E-state index contributed by atoms with van der Waals surface area (Å²) < 4.78 is 0. The predicted molar refractivity (Wildman–Crippen MR) is 74.4 cm³/mol. The highest BCUT2D eigenvalue weighted by Gasteiger charge is 2.22. The quantitative estimate of drug-likeness (QED) is 0.839. The summed E-state index contributed by atoms with van der Waals surface area (Å²) in [6.45, 7) is 5.72. The van der Waals surface area contributed by atoms with Crippen LogP contribution in [-0.2, 0) is 6.54 Å². The maximum Gasteiger partial charge on any atom is 0.0411 e. The van der Waals surface area contributed by atoms with Gasteiger partial charge >= 0.3 is 0 Å². The predicted octanol–water partition coefficient (Wildman–Crippen LogP) is 3.03. The molecule has 1 heterocycles. The number of hydrogen-bond acceptors (Lipinski definition) is 2. The normalized spacial score (nSPS) is 19.9. The molecule has 1 aliphatic heterocycles. The number of para-hydroxylation sites is 1. The number of anilines is 1. The van der Waals surface area contributed by atoms with Crippen LogP contribution in [0.5, 0.6) is 0 Å². The molecule has 1 N–H and O–H groups in total. The summed E-state index contributed by atoms with van der Waals surface area (Å²) in [4.78, 5) is 2.56. The monoisotopic (exact) mass is 232 g/mol. The molecular weight excluding hydrogens is 208 g/mol. The van der Waals surface area contributed by atoms with E-state index in [9.17, 15) is 0 Å². The van der Waals surface area contributed by atoms with Crippen molar-refractivity contribution < 1.29 is 0 Å². The van der Waals surface area contributed by atoms with Gasteiger partial charge in [-0.25, -0.2) is 0 Å². The van der Waals surface area contributed by atoms with Gasteiger partial charge in [-0.05, 0) is 37.4 Å². The second-order valence-corrected chi connectivity index (χ2v) is 5.05. The maximum absolute atomic E-state index is 3.26. The van der Waals surface area contributed by atoms with Gasteiger partial charge in [-0.15, -0.1) is 0 Å². The van der Waals surface area contributed by atoms with Crippen LogP contribution >= 0.6 is 0 Å². The molecule has 0 spiro atoms. The zero-order valence-electron chi connectivity index (χ0n) is 11.1. The second-order valence-electron chi connectivity index (χ2n) is 5.05. The van der Waals surface area contributed by atoms with Crippen molar-refractivity contribution in [3.8, 4) is 0 Å². The molecule has 17 heavy (non-hydrogen) atoms. The fourth-order valence-corrected chi connectivity index (χ4v) is 2.85. The highest BCUT2D eigenvalue weighted by Crippen LogP contribution is 2.28. The molecule has 2 nitrogen and oxygen atoms in total. The van der Waals surface area contributed by atoms with Gasteiger partial charge in [0, 0.05) is 25.3 Å². The minimum absolute atomic E-state index is 0.905. The standard InChI is InChI=1S/C15H24N2/c1-3-6-13-9-10-17(12-13)15-8-5-4-7-14(15)11-16-2/h4-5,7-8,13,16H,3,6,9-12H2,1-2H3. The Kier molecular flexibility index (Phi) is 4.43. The van der Waals surface area contributed by atoms with Gasteiger partial charge in [-0.2, -0.15) is 0 Å². The minimum atomic E-state index is 0.905. The molecule has 1 aromatic carbocycles. The summed E-state index contributed by atoms with van der Waals surface area (Å²) in [7, 11) is 2.01.